The van der Waals surface area contributed by atoms with Gasteiger partial charge in [-0.25, -0.2) is 4.39 Å². The van der Waals surface area contributed by atoms with Crippen molar-refractivity contribution in [3.8, 4) is 0 Å². The predicted octanol–water partition coefficient (Wildman–Crippen LogP) is 3.90. The summed E-state index contributed by atoms with van der Waals surface area (Å²) in [5, 5.41) is 2.45. The maximum Gasteiger partial charge on any atom is 0.128 e. The molecule has 1 aromatic carbocycles. The first-order valence-corrected chi connectivity index (χ1v) is 6.10. The Labute approximate surface area is 103 Å². The molecule has 1 aromatic heterocycles. The number of rotatable bonds is 2. The molecule has 1 unspecified atom stereocenters. The summed E-state index contributed by atoms with van der Waals surface area (Å²) in [6, 6.07) is 5.98. The van der Waals surface area contributed by atoms with Crippen molar-refractivity contribution >= 4 is 22.9 Å². The number of thiophene rings is 1. The van der Waals surface area contributed by atoms with Crippen LogP contribution in [0.2, 0.25) is 5.02 Å². The molecule has 84 valence electrons. The van der Waals surface area contributed by atoms with E-state index in [0.29, 0.717) is 10.6 Å². The van der Waals surface area contributed by atoms with Gasteiger partial charge in [-0.2, -0.15) is 0 Å². The van der Waals surface area contributed by atoms with Crippen LogP contribution in [0.15, 0.2) is 29.6 Å². The second-order valence-corrected chi connectivity index (χ2v) is 5.00. The molecular weight excluding hydrogens is 245 g/mol. The lowest BCUT2D eigenvalue weighted by atomic mass is 10.0. The van der Waals surface area contributed by atoms with E-state index in [0.717, 1.165) is 10.4 Å². The molecule has 2 N–H and O–H groups in total. The third-order valence-corrected chi connectivity index (χ3v) is 3.81. The molecule has 0 aliphatic carbocycles. The van der Waals surface area contributed by atoms with Gasteiger partial charge in [0.25, 0.3) is 0 Å². The van der Waals surface area contributed by atoms with E-state index in [4.69, 9.17) is 17.3 Å². The monoisotopic (exact) mass is 255 g/mol. The summed E-state index contributed by atoms with van der Waals surface area (Å²) in [6.07, 6.45) is 0. The smallest absolute Gasteiger partial charge is 0.128 e. The van der Waals surface area contributed by atoms with E-state index in [1.54, 1.807) is 6.07 Å². The van der Waals surface area contributed by atoms with E-state index in [1.807, 2.05) is 18.4 Å². The fraction of sp³-hybridized carbons (Fsp3) is 0.167. The van der Waals surface area contributed by atoms with Crippen molar-refractivity contribution < 1.29 is 4.39 Å². The normalized spacial score (nSPS) is 12.8. The summed E-state index contributed by atoms with van der Waals surface area (Å²) in [6.45, 7) is 1.97. The van der Waals surface area contributed by atoms with Crippen LogP contribution in [0.4, 0.5) is 4.39 Å². The summed E-state index contributed by atoms with van der Waals surface area (Å²) in [5.74, 6) is -0.315. The number of hydrogen-bond donors (Lipinski definition) is 1. The Balaban J connectivity index is 2.45. The molecular formula is C12H11ClFNS. The van der Waals surface area contributed by atoms with E-state index in [2.05, 4.69) is 0 Å². The highest BCUT2D eigenvalue weighted by Crippen LogP contribution is 2.30. The first kappa shape index (κ1) is 11.6. The lowest BCUT2D eigenvalue weighted by molar-refractivity contribution is 0.601. The topological polar surface area (TPSA) is 26.0 Å². The number of aryl methyl sites for hydroxylation is 1. The zero-order valence-electron chi connectivity index (χ0n) is 8.71. The number of hydrogen-bond acceptors (Lipinski definition) is 2. The molecule has 0 amide bonds. The highest BCUT2D eigenvalue weighted by molar-refractivity contribution is 7.10. The standard InChI is InChI=1S/C12H11ClFNS/c1-7-4-5-16-12(7)11(15)9-6-8(13)2-3-10(9)14/h2-6,11H,15H2,1H3. The highest BCUT2D eigenvalue weighted by Gasteiger charge is 2.16. The number of nitrogens with two attached hydrogens (primary N) is 1. The molecule has 16 heavy (non-hydrogen) atoms. The number of benzene rings is 1. The van der Waals surface area contributed by atoms with Crippen LogP contribution in [0.1, 0.15) is 22.0 Å². The Morgan fingerprint density at radius 2 is 2.12 bits per heavy atom. The predicted molar refractivity (Wildman–Crippen MR) is 66.5 cm³/mol. The molecule has 1 nitrogen and oxygen atoms in total. The van der Waals surface area contributed by atoms with Crippen molar-refractivity contribution in [3.05, 3.63) is 56.5 Å². The molecule has 4 heteroatoms. The maximum absolute atomic E-state index is 13.6. The Morgan fingerprint density at radius 3 is 2.75 bits per heavy atom. The van der Waals surface area contributed by atoms with Crippen molar-refractivity contribution in [2.24, 2.45) is 5.73 Å². The SMILES string of the molecule is Cc1ccsc1C(N)c1cc(Cl)ccc1F. The summed E-state index contributed by atoms with van der Waals surface area (Å²) in [4.78, 5) is 0.973. The molecule has 0 radical (unpaired) electrons. The molecule has 2 aromatic rings. The largest absolute Gasteiger partial charge is 0.320 e. The fourth-order valence-corrected chi connectivity index (χ4v) is 2.72. The lowest BCUT2D eigenvalue weighted by Crippen LogP contribution is -2.13. The van der Waals surface area contributed by atoms with Crippen LogP contribution in [0.3, 0.4) is 0 Å². The Morgan fingerprint density at radius 1 is 1.38 bits per heavy atom. The molecule has 2 rings (SSSR count). The van der Waals surface area contributed by atoms with Gasteiger partial charge < -0.3 is 5.73 Å². The third-order valence-electron chi connectivity index (χ3n) is 2.48. The van der Waals surface area contributed by atoms with Gasteiger partial charge in [0.15, 0.2) is 0 Å². The minimum Gasteiger partial charge on any atom is -0.320 e. The molecule has 0 saturated carbocycles. The van der Waals surface area contributed by atoms with Gasteiger partial charge in [-0.05, 0) is 42.1 Å². The summed E-state index contributed by atoms with van der Waals surface area (Å²) in [5.41, 5.74) is 7.57. The van der Waals surface area contributed by atoms with Gasteiger partial charge in [-0.3, -0.25) is 0 Å². The van der Waals surface area contributed by atoms with Crippen LogP contribution in [0, 0.1) is 12.7 Å². The van der Waals surface area contributed by atoms with Gasteiger partial charge in [0.1, 0.15) is 5.82 Å². The van der Waals surface area contributed by atoms with E-state index in [1.165, 1.54) is 23.5 Å². The van der Waals surface area contributed by atoms with Crippen molar-refractivity contribution in [2.75, 3.05) is 0 Å². The van der Waals surface area contributed by atoms with Crippen LogP contribution < -0.4 is 5.73 Å². The molecule has 1 heterocycles. The second-order valence-electron chi connectivity index (χ2n) is 3.61. The quantitative estimate of drug-likeness (QED) is 0.866. The van der Waals surface area contributed by atoms with Gasteiger partial charge >= 0.3 is 0 Å². The van der Waals surface area contributed by atoms with E-state index in [-0.39, 0.29) is 5.82 Å². The van der Waals surface area contributed by atoms with Gasteiger partial charge in [-0.1, -0.05) is 11.6 Å². The fourth-order valence-electron chi connectivity index (χ4n) is 1.60. The van der Waals surface area contributed by atoms with Crippen molar-refractivity contribution in [1.82, 2.24) is 0 Å². The van der Waals surface area contributed by atoms with Gasteiger partial charge in [0, 0.05) is 15.5 Å². The molecule has 0 saturated heterocycles. The maximum atomic E-state index is 13.6. The first-order chi connectivity index (χ1) is 7.59. The molecule has 0 aliphatic heterocycles. The minimum atomic E-state index is -0.446. The van der Waals surface area contributed by atoms with Gasteiger partial charge in [0.2, 0.25) is 0 Å². The van der Waals surface area contributed by atoms with Crippen molar-refractivity contribution in [2.45, 2.75) is 13.0 Å². The zero-order chi connectivity index (χ0) is 11.7. The molecule has 0 fully saturated rings. The molecule has 0 spiro atoms. The van der Waals surface area contributed by atoms with Gasteiger partial charge in [-0.15, -0.1) is 11.3 Å². The third kappa shape index (κ3) is 2.12. The van der Waals surface area contributed by atoms with E-state index >= 15 is 0 Å². The Hall–Kier alpha value is -0.900. The zero-order valence-corrected chi connectivity index (χ0v) is 10.3. The van der Waals surface area contributed by atoms with E-state index in [9.17, 15) is 4.39 Å². The second kappa shape index (κ2) is 4.53. The summed E-state index contributed by atoms with van der Waals surface area (Å²) < 4.78 is 13.6. The lowest BCUT2D eigenvalue weighted by Gasteiger charge is -2.12. The molecule has 0 bridgehead atoms. The Kier molecular flexibility index (Phi) is 3.28. The van der Waals surface area contributed by atoms with Crippen LogP contribution in [-0.4, -0.2) is 0 Å². The molecule has 1 atom stereocenters. The summed E-state index contributed by atoms with van der Waals surface area (Å²) >= 11 is 7.38. The average Bonchev–Trinajstić information content (AvgIpc) is 2.67. The molecule has 0 aliphatic rings. The Bertz CT molecular complexity index is 509. The first-order valence-electron chi connectivity index (χ1n) is 4.84. The average molecular weight is 256 g/mol. The van der Waals surface area contributed by atoms with Crippen LogP contribution in [-0.2, 0) is 0 Å². The van der Waals surface area contributed by atoms with E-state index < -0.39 is 6.04 Å². The van der Waals surface area contributed by atoms with Gasteiger partial charge in [0.05, 0.1) is 6.04 Å². The minimum absolute atomic E-state index is 0.315. The van der Waals surface area contributed by atoms with Crippen LogP contribution >= 0.6 is 22.9 Å². The van der Waals surface area contributed by atoms with Crippen molar-refractivity contribution in [1.29, 1.82) is 0 Å². The van der Waals surface area contributed by atoms with Crippen LogP contribution in [0.25, 0.3) is 0 Å². The number of halogens is 2. The van der Waals surface area contributed by atoms with Crippen molar-refractivity contribution in [3.63, 3.8) is 0 Å². The summed E-state index contributed by atoms with van der Waals surface area (Å²) in [7, 11) is 0. The highest BCUT2D eigenvalue weighted by atomic mass is 35.5. The van der Waals surface area contributed by atoms with Crippen LogP contribution in [0.5, 0.6) is 0 Å².